The number of hydrogen-bond acceptors (Lipinski definition) is 3. The fraction of sp³-hybridized carbons (Fsp3) is 0.632. The highest BCUT2D eigenvalue weighted by Gasteiger charge is 2.48. The van der Waals surface area contributed by atoms with E-state index in [4.69, 9.17) is 4.74 Å². The van der Waals surface area contributed by atoms with Crippen LogP contribution in [0.1, 0.15) is 43.7 Å². The fourth-order valence-corrected chi connectivity index (χ4v) is 4.75. The maximum atomic E-state index is 13.3. The summed E-state index contributed by atoms with van der Waals surface area (Å²) in [6.07, 6.45) is 4.95. The molecular formula is C19H25FN2O2. The molecule has 130 valence electrons. The van der Waals surface area contributed by atoms with Crippen molar-refractivity contribution in [3.63, 3.8) is 0 Å². The first kappa shape index (κ1) is 16.0. The molecule has 0 unspecified atom stereocenters. The van der Waals surface area contributed by atoms with Gasteiger partial charge < -0.3 is 10.1 Å². The number of likely N-dealkylation sites (tertiary alicyclic amines) is 1. The summed E-state index contributed by atoms with van der Waals surface area (Å²) in [7, 11) is 0. The number of amides is 1. The Morgan fingerprint density at radius 2 is 1.88 bits per heavy atom. The number of carbonyl (C=O) groups is 1. The van der Waals surface area contributed by atoms with Crippen LogP contribution < -0.4 is 5.32 Å². The molecule has 3 fully saturated rings. The molecule has 1 aromatic carbocycles. The predicted octanol–water partition coefficient (Wildman–Crippen LogP) is 2.65. The van der Waals surface area contributed by atoms with Gasteiger partial charge in [0.15, 0.2) is 0 Å². The highest BCUT2D eigenvalue weighted by molar-refractivity contribution is 5.80. The summed E-state index contributed by atoms with van der Waals surface area (Å²) in [6.45, 7) is 2.37. The zero-order chi connectivity index (χ0) is 16.5. The van der Waals surface area contributed by atoms with Crippen molar-refractivity contribution in [3.8, 4) is 0 Å². The van der Waals surface area contributed by atoms with Gasteiger partial charge in [0.2, 0.25) is 5.91 Å². The molecule has 1 N–H and O–H groups in total. The second-order valence-corrected chi connectivity index (χ2v) is 7.20. The van der Waals surface area contributed by atoms with Gasteiger partial charge in [0.05, 0.1) is 5.92 Å². The van der Waals surface area contributed by atoms with Gasteiger partial charge in [-0.05, 0) is 49.8 Å². The third-order valence-corrected chi connectivity index (χ3v) is 5.86. The maximum absolute atomic E-state index is 13.3. The number of nitrogens with zero attached hydrogens (tertiary/aromatic N) is 1. The first-order valence-electron chi connectivity index (χ1n) is 9.12. The van der Waals surface area contributed by atoms with E-state index in [9.17, 15) is 9.18 Å². The highest BCUT2D eigenvalue weighted by atomic mass is 19.1. The zero-order valence-electron chi connectivity index (χ0n) is 13.9. The van der Waals surface area contributed by atoms with Crippen LogP contribution in [0.5, 0.6) is 0 Å². The molecule has 3 heterocycles. The van der Waals surface area contributed by atoms with E-state index in [1.54, 1.807) is 0 Å². The Bertz CT molecular complexity index is 586. The quantitative estimate of drug-likeness (QED) is 0.905. The molecule has 3 saturated heterocycles. The molecule has 3 atom stereocenters. The lowest BCUT2D eigenvalue weighted by Gasteiger charge is -2.40. The summed E-state index contributed by atoms with van der Waals surface area (Å²) in [5.41, 5.74) is 1.13. The average molecular weight is 332 g/mol. The number of carbonyl (C=O) groups excluding carboxylic acids is 1. The number of benzene rings is 1. The molecule has 0 radical (unpaired) electrons. The summed E-state index contributed by atoms with van der Waals surface area (Å²) < 4.78 is 18.9. The van der Waals surface area contributed by atoms with Crippen molar-refractivity contribution in [1.82, 2.24) is 10.2 Å². The highest BCUT2D eigenvalue weighted by Crippen LogP contribution is 2.45. The van der Waals surface area contributed by atoms with Crippen molar-refractivity contribution in [1.29, 1.82) is 0 Å². The average Bonchev–Trinajstić information content (AvgIpc) is 2.90. The van der Waals surface area contributed by atoms with Crippen LogP contribution in [-0.2, 0) is 9.53 Å². The van der Waals surface area contributed by atoms with Crippen LogP contribution in [0.25, 0.3) is 0 Å². The number of rotatable bonds is 2. The summed E-state index contributed by atoms with van der Waals surface area (Å²) in [5.74, 6) is 0.0332. The summed E-state index contributed by atoms with van der Waals surface area (Å²) in [5, 5.41) is 3.07. The summed E-state index contributed by atoms with van der Waals surface area (Å²) >= 11 is 0. The number of ether oxygens (including phenoxy) is 1. The lowest BCUT2D eigenvalue weighted by atomic mass is 9.94. The molecule has 3 aliphatic heterocycles. The molecule has 0 spiro atoms. The number of nitrogens with one attached hydrogen (secondary N) is 1. The standard InChI is InChI=1S/C19H25FN2O2/c20-14-5-3-13(4-6-14)18-12-16-17(2-1-9-21-19(16)23)22(18)15-7-10-24-11-8-15/h3-6,15-18H,1-2,7-12H2,(H,21,23)/t16-,17+,18+/m1/s1. The molecule has 1 aromatic rings. The molecule has 4 rings (SSSR count). The number of fused-ring (bicyclic) bond motifs is 1. The van der Waals surface area contributed by atoms with Gasteiger partial charge in [0.25, 0.3) is 0 Å². The van der Waals surface area contributed by atoms with Gasteiger partial charge in [-0.1, -0.05) is 12.1 Å². The van der Waals surface area contributed by atoms with Crippen molar-refractivity contribution in [3.05, 3.63) is 35.6 Å². The van der Waals surface area contributed by atoms with E-state index < -0.39 is 0 Å². The van der Waals surface area contributed by atoms with Gasteiger partial charge in [0, 0.05) is 37.9 Å². The van der Waals surface area contributed by atoms with E-state index in [1.807, 2.05) is 12.1 Å². The molecule has 0 saturated carbocycles. The minimum Gasteiger partial charge on any atom is -0.381 e. The molecule has 4 nitrogen and oxygen atoms in total. The van der Waals surface area contributed by atoms with Crippen LogP contribution in [0, 0.1) is 11.7 Å². The van der Waals surface area contributed by atoms with E-state index in [0.29, 0.717) is 12.1 Å². The Balaban J connectivity index is 1.67. The predicted molar refractivity (Wildman–Crippen MR) is 89.0 cm³/mol. The molecule has 1 amide bonds. The Labute approximate surface area is 142 Å². The van der Waals surface area contributed by atoms with Crippen LogP contribution >= 0.6 is 0 Å². The summed E-state index contributed by atoms with van der Waals surface area (Å²) in [4.78, 5) is 15.1. The molecule has 5 heteroatoms. The van der Waals surface area contributed by atoms with Crippen molar-refractivity contribution < 1.29 is 13.9 Å². The van der Waals surface area contributed by atoms with Crippen LogP contribution in [-0.4, -0.2) is 42.6 Å². The lowest BCUT2D eigenvalue weighted by Crippen LogP contribution is -2.46. The largest absolute Gasteiger partial charge is 0.381 e. The van der Waals surface area contributed by atoms with Crippen LogP contribution in [0.15, 0.2) is 24.3 Å². The van der Waals surface area contributed by atoms with E-state index in [2.05, 4.69) is 10.2 Å². The second-order valence-electron chi connectivity index (χ2n) is 7.20. The van der Waals surface area contributed by atoms with Crippen molar-refractivity contribution in [2.24, 2.45) is 5.92 Å². The van der Waals surface area contributed by atoms with Gasteiger partial charge in [0.1, 0.15) is 5.82 Å². The fourth-order valence-electron chi connectivity index (χ4n) is 4.75. The smallest absolute Gasteiger partial charge is 0.224 e. The van der Waals surface area contributed by atoms with Crippen molar-refractivity contribution in [2.75, 3.05) is 19.8 Å². The van der Waals surface area contributed by atoms with Gasteiger partial charge in [-0.25, -0.2) is 4.39 Å². The normalized spacial score (nSPS) is 32.2. The third-order valence-electron chi connectivity index (χ3n) is 5.86. The van der Waals surface area contributed by atoms with Gasteiger partial charge in [-0.15, -0.1) is 0 Å². The molecule has 0 aromatic heterocycles. The zero-order valence-corrected chi connectivity index (χ0v) is 13.9. The van der Waals surface area contributed by atoms with E-state index in [1.165, 1.54) is 12.1 Å². The first-order valence-corrected chi connectivity index (χ1v) is 9.12. The van der Waals surface area contributed by atoms with E-state index in [-0.39, 0.29) is 23.7 Å². The SMILES string of the molecule is O=C1NCCC[C@H]2[C@H]1C[C@@H](c1ccc(F)cc1)N2C1CCOCC1. The lowest BCUT2D eigenvalue weighted by molar-refractivity contribution is -0.125. The molecule has 0 bridgehead atoms. The Morgan fingerprint density at radius 3 is 2.62 bits per heavy atom. The van der Waals surface area contributed by atoms with E-state index >= 15 is 0 Å². The minimum atomic E-state index is -0.207. The maximum Gasteiger partial charge on any atom is 0.224 e. The molecular weight excluding hydrogens is 307 g/mol. The van der Waals surface area contributed by atoms with E-state index in [0.717, 1.165) is 57.4 Å². The number of hydrogen-bond donors (Lipinski definition) is 1. The third kappa shape index (κ3) is 2.95. The van der Waals surface area contributed by atoms with Crippen molar-refractivity contribution in [2.45, 2.75) is 50.2 Å². The molecule has 3 aliphatic rings. The Morgan fingerprint density at radius 1 is 1.12 bits per heavy atom. The van der Waals surface area contributed by atoms with Gasteiger partial charge in [-0.2, -0.15) is 0 Å². The van der Waals surface area contributed by atoms with Gasteiger partial charge in [-0.3, -0.25) is 9.69 Å². The second kappa shape index (κ2) is 6.81. The van der Waals surface area contributed by atoms with Gasteiger partial charge >= 0.3 is 0 Å². The minimum absolute atomic E-state index is 0.0467. The first-order chi connectivity index (χ1) is 11.7. The summed E-state index contributed by atoms with van der Waals surface area (Å²) in [6, 6.07) is 7.79. The van der Waals surface area contributed by atoms with Crippen LogP contribution in [0.4, 0.5) is 4.39 Å². The Kier molecular flexibility index (Phi) is 4.55. The molecule has 0 aliphatic carbocycles. The Hall–Kier alpha value is -1.46. The number of halogens is 1. The van der Waals surface area contributed by atoms with Crippen molar-refractivity contribution >= 4 is 5.91 Å². The van der Waals surface area contributed by atoms with Crippen LogP contribution in [0.3, 0.4) is 0 Å². The molecule has 24 heavy (non-hydrogen) atoms. The van der Waals surface area contributed by atoms with Crippen LogP contribution in [0.2, 0.25) is 0 Å². The monoisotopic (exact) mass is 332 g/mol. The topological polar surface area (TPSA) is 41.6 Å².